The Morgan fingerprint density at radius 1 is 0.627 bits per heavy atom. The van der Waals surface area contributed by atoms with E-state index in [1.807, 2.05) is 9.80 Å². The topological polar surface area (TPSA) is 151 Å². The van der Waals surface area contributed by atoms with Crippen molar-refractivity contribution in [3.63, 3.8) is 0 Å². The van der Waals surface area contributed by atoms with Gasteiger partial charge in [0.25, 0.3) is 0 Å². The Morgan fingerprint density at radius 3 is 1.59 bits per heavy atom. The summed E-state index contributed by atoms with van der Waals surface area (Å²) in [6.07, 6.45) is 34.7. The quantitative estimate of drug-likeness (QED) is 0.0248. The van der Waals surface area contributed by atoms with E-state index >= 15 is 0 Å². The molecular weight excluding hydrogens is 741 g/mol. The Kier molecular flexibility index (Phi) is 31.3. The van der Waals surface area contributed by atoms with Crippen LogP contribution < -0.4 is 16.8 Å². The van der Waals surface area contributed by atoms with Crippen LogP contribution >= 0.6 is 0 Å². The average molecular weight is 831 g/mol. The van der Waals surface area contributed by atoms with Crippen LogP contribution in [0.15, 0.2) is 12.2 Å². The number of nitrogens with zero attached hydrogens (tertiary/aromatic N) is 3. The fourth-order valence-electron chi connectivity index (χ4n) is 8.75. The second-order valence-corrected chi connectivity index (χ2v) is 17.5. The van der Waals surface area contributed by atoms with Crippen LogP contribution in [0.25, 0.3) is 0 Å². The Balaban J connectivity index is 1.82. The summed E-state index contributed by atoms with van der Waals surface area (Å²) in [6.45, 7) is 8.16. The highest BCUT2D eigenvalue weighted by molar-refractivity contribution is 5.94. The fourth-order valence-corrected chi connectivity index (χ4v) is 8.75. The first-order valence-electron chi connectivity index (χ1n) is 24.7. The second kappa shape index (κ2) is 35.1. The number of esters is 1. The van der Waals surface area contributed by atoms with Gasteiger partial charge in [-0.05, 0) is 70.9 Å². The maximum Gasteiger partial charge on any atom is 0.332 e. The number of piperidine rings is 2. The van der Waals surface area contributed by atoms with Crippen molar-refractivity contribution in [3.8, 4) is 0 Å². The third-order valence-electron chi connectivity index (χ3n) is 12.4. The van der Waals surface area contributed by atoms with Crippen molar-refractivity contribution in [2.75, 3.05) is 45.8 Å². The Labute approximate surface area is 360 Å². The van der Waals surface area contributed by atoms with Crippen molar-refractivity contribution >= 4 is 23.7 Å². The Hall–Kier alpha value is -2.50. The molecule has 11 heteroatoms. The zero-order valence-corrected chi connectivity index (χ0v) is 38.1. The summed E-state index contributed by atoms with van der Waals surface area (Å²) in [4.78, 5) is 59.0. The summed E-state index contributed by atoms with van der Waals surface area (Å²) in [6, 6.07) is 0.00781. The monoisotopic (exact) mass is 831 g/mol. The van der Waals surface area contributed by atoms with Gasteiger partial charge < -0.3 is 30.9 Å². The summed E-state index contributed by atoms with van der Waals surface area (Å²) >= 11 is 0. The number of amides is 3. The van der Waals surface area contributed by atoms with Crippen LogP contribution in [-0.4, -0.2) is 103 Å². The van der Waals surface area contributed by atoms with Crippen LogP contribution in [0.2, 0.25) is 0 Å². The predicted octanol–water partition coefficient (Wildman–Crippen LogP) is 8.91. The summed E-state index contributed by atoms with van der Waals surface area (Å²) in [7, 11) is 0. The molecule has 0 spiro atoms. The van der Waals surface area contributed by atoms with Crippen molar-refractivity contribution in [2.24, 2.45) is 11.5 Å². The lowest BCUT2D eigenvalue weighted by atomic mass is 10.00. The van der Waals surface area contributed by atoms with Gasteiger partial charge in [-0.15, -0.1) is 0 Å². The van der Waals surface area contributed by atoms with Gasteiger partial charge in [0.1, 0.15) is 0 Å². The molecule has 0 aromatic rings. The highest BCUT2D eigenvalue weighted by atomic mass is 16.6. The molecule has 0 aliphatic carbocycles. The molecule has 2 heterocycles. The zero-order valence-electron chi connectivity index (χ0n) is 38.1. The Morgan fingerprint density at radius 2 is 1.10 bits per heavy atom. The van der Waals surface area contributed by atoms with Crippen LogP contribution in [0.4, 0.5) is 0 Å². The number of carbonyl (C=O) groups is 4. The van der Waals surface area contributed by atoms with Gasteiger partial charge in [0.15, 0.2) is 6.23 Å². The molecule has 2 aliphatic heterocycles. The van der Waals surface area contributed by atoms with E-state index in [4.69, 9.17) is 16.2 Å². The number of likely N-dealkylation sites (tertiary alicyclic amines) is 2. The number of nitrogens with two attached hydrogens (primary N) is 2. The maximum atomic E-state index is 13.5. The molecule has 2 aliphatic rings. The number of ether oxygens (including phenoxy) is 1. The van der Waals surface area contributed by atoms with Gasteiger partial charge in [-0.3, -0.25) is 19.7 Å². The van der Waals surface area contributed by atoms with Crippen LogP contribution in [0, 0.1) is 0 Å². The lowest BCUT2D eigenvalue weighted by Crippen LogP contribution is -2.51. The van der Waals surface area contributed by atoms with Gasteiger partial charge in [-0.1, -0.05) is 129 Å². The molecule has 3 atom stereocenters. The van der Waals surface area contributed by atoms with Crippen LogP contribution in [0.3, 0.4) is 0 Å². The third kappa shape index (κ3) is 24.5. The number of rotatable bonds is 35. The van der Waals surface area contributed by atoms with Crippen molar-refractivity contribution in [2.45, 2.75) is 225 Å². The van der Waals surface area contributed by atoms with Crippen LogP contribution in [0.5, 0.6) is 0 Å². The first kappa shape index (κ1) is 52.6. The predicted molar refractivity (Wildman–Crippen MR) is 243 cm³/mol. The van der Waals surface area contributed by atoms with Gasteiger partial charge in [0.05, 0.1) is 0 Å². The minimum absolute atomic E-state index is 0.0410. The maximum absolute atomic E-state index is 13.5. The molecule has 2 rings (SSSR count). The minimum Gasteiger partial charge on any atom is -0.443 e. The number of carbonyl (C=O) groups excluding carboxylic acids is 4. The van der Waals surface area contributed by atoms with Gasteiger partial charge in [-0.2, -0.15) is 0 Å². The number of hydrogen-bond acceptors (Lipinski definition) is 8. The van der Waals surface area contributed by atoms with E-state index in [1.54, 1.807) is 4.90 Å². The average Bonchev–Trinajstić information content (AvgIpc) is 3.24. The molecule has 0 aromatic heterocycles. The first-order chi connectivity index (χ1) is 28.8. The van der Waals surface area contributed by atoms with E-state index in [2.05, 4.69) is 19.2 Å². The molecule has 3 amide bonds. The largest absolute Gasteiger partial charge is 0.443 e. The van der Waals surface area contributed by atoms with Gasteiger partial charge in [0.2, 0.25) is 17.7 Å². The number of hydrogen-bond donors (Lipinski definition) is 3. The highest BCUT2D eigenvalue weighted by Gasteiger charge is 2.30. The molecule has 0 saturated carbocycles. The zero-order chi connectivity index (χ0) is 42.8. The van der Waals surface area contributed by atoms with Crippen molar-refractivity contribution in [1.29, 1.82) is 0 Å². The lowest BCUT2D eigenvalue weighted by molar-refractivity contribution is -0.146. The molecule has 3 unspecified atom stereocenters. The molecule has 0 radical (unpaired) electrons. The molecule has 2 fully saturated rings. The molecule has 342 valence electrons. The molecule has 2 saturated heterocycles. The van der Waals surface area contributed by atoms with Crippen molar-refractivity contribution in [1.82, 2.24) is 20.0 Å². The molecule has 59 heavy (non-hydrogen) atoms. The molecule has 0 bridgehead atoms. The summed E-state index contributed by atoms with van der Waals surface area (Å²) < 4.78 is 5.75. The van der Waals surface area contributed by atoms with Crippen LogP contribution in [0.1, 0.15) is 206 Å². The van der Waals surface area contributed by atoms with E-state index in [0.717, 1.165) is 77.3 Å². The van der Waals surface area contributed by atoms with E-state index < -0.39 is 12.2 Å². The van der Waals surface area contributed by atoms with E-state index in [9.17, 15) is 19.2 Å². The van der Waals surface area contributed by atoms with Crippen LogP contribution in [-0.2, 0) is 23.9 Å². The molecule has 11 nitrogen and oxygen atoms in total. The van der Waals surface area contributed by atoms with E-state index in [1.165, 1.54) is 115 Å². The van der Waals surface area contributed by atoms with Crippen molar-refractivity contribution < 1.29 is 23.9 Å². The standard InChI is InChI=1S/C48H90N6O5/c1-3-5-7-9-11-13-15-17-19-21-30-46(56)53-38-25-23-28-42(53)40-51-44(34-36-50)59-48(58)33-32-45(55)52(37-27-35-49)41-43-29-24-26-39-54(43)47(57)31-22-20-18-16-14-12-10-8-6-4-2/h32-33,42-44,51H,3-31,34-41,49-50H2,1-2H3/b33-32+. The first-order valence-corrected chi connectivity index (χ1v) is 24.7. The van der Waals surface area contributed by atoms with Gasteiger partial charge >= 0.3 is 5.97 Å². The minimum atomic E-state index is -0.626. The number of nitrogens with one attached hydrogen (secondary N) is 1. The summed E-state index contributed by atoms with van der Waals surface area (Å²) in [5.41, 5.74) is 11.7. The lowest BCUT2D eigenvalue weighted by Gasteiger charge is -2.38. The molecule has 0 aromatic carbocycles. The van der Waals surface area contributed by atoms with E-state index in [-0.39, 0.29) is 29.8 Å². The normalized spacial score (nSPS) is 17.7. The summed E-state index contributed by atoms with van der Waals surface area (Å²) in [5, 5.41) is 3.36. The molecular formula is C48H90N6O5. The van der Waals surface area contributed by atoms with Gasteiger partial charge in [-0.25, -0.2) is 4.79 Å². The third-order valence-corrected chi connectivity index (χ3v) is 12.4. The second-order valence-electron chi connectivity index (χ2n) is 17.5. The molecule has 5 N–H and O–H groups in total. The summed E-state index contributed by atoms with van der Waals surface area (Å²) in [5.74, 6) is -0.497. The van der Waals surface area contributed by atoms with Gasteiger partial charge in [0, 0.05) is 76.2 Å². The highest BCUT2D eigenvalue weighted by Crippen LogP contribution is 2.22. The number of unbranched alkanes of at least 4 members (excludes halogenated alkanes) is 18. The van der Waals surface area contributed by atoms with E-state index in [0.29, 0.717) is 58.4 Å². The van der Waals surface area contributed by atoms with Crippen molar-refractivity contribution in [3.05, 3.63) is 12.2 Å². The SMILES string of the molecule is CCCCCCCCCCCCC(=O)N1CCCCC1CNC(CCN)OC(=O)/C=C/C(=O)N(CCCN)CC1CCCCN1C(=O)CCCCCCCCCCCC. The fraction of sp³-hybridized carbons (Fsp3) is 0.875. The Bertz CT molecular complexity index is 1140. The smallest absolute Gasteiger partial charge is 0.332 e.